The van der Waals surface area contributed by atoms with Crippen molar-refractivity contribution in [2.24, 2.45) is 0 Å². The number of hydrogen-bond donors (Lipinski definition) is 1. The van der Waals surface area contributed by atoms with E-state index in [0.29, 0.717) is 19.2 Å². The van der Waals surface area contributed by atoms with Gasteiger partial charge in [-0.05, 0) is 50.3 Å². The molecule has 2 aliphatic heterocycles. The third-order valence-electron chi connectivity index (χ3n) is 5.05. The number of aryl methyl sites for hydroxylation is 1. The molecule has 2 saturated heterocycles. The van der Waals surface area contributed by atoms with Crippen LogP contribution in [0.2, 0.25) is 0 Å². The van der Waals surface area contributed by atoms with Gasteiger partial charge in [-0.2, -0.15) is 0 Å². The molecule has 0 radical (unpaired) electrons. The van der Waals surface area contributed by atoms with Crippen molar-refractivity contribution in [1.29, 1.82) is 0 Å². The zero-order chi connectivity index (χ0) is 16.1. The average Bonchev–Trinajstić information content (AvgIpc) is 3.02. The maximum Gasteiger partial charge on any atom is 0.0900 e. The van der Waals surface area contributed by atoms with Gasteiger partial charge in [-0.1, -0.05) is 24.3 Å². The first kappa shape index (κ1) is 16.9. The predicted molar refractivity (Wildman–Crippen MR) is 90.5 cm³/mol. The molecule has 2 heterocycles. The van der Waals surface area contributed by atoms with Gasteiger partial charge in [0.25, 0.3) is 0 Å². The van der Waals surface area contributed by atoms with Gasteiger partial charge in [-0.3, -0.25) is 4.90 Å². The summed E-state index contributed by atoms with van der Waals surface area (Å²) in [5.74, 6) is 0. The summed E-state index contributed by atoms with van der Waals surface area (Å²) < 4.78 is 11.2. The molecule has 2 fully saturated rings. The van der Waals surface area contributed by atoms with Crippen molar-refractivity contribution >= 4 is 0 Å². The van der Waals surface area contributed by atoms with E-state index < -0.39 is 6.10 Å². The van der Waals surface area contributed by atoms with Gasteiger partial charge in [0.2, 0.25) is 0 Å². The molecule has 1 N–H and O–H groups in total. The van der Waals surface area contributed by atoms with Crippen molar-refractivity contribution in [2.75, 3.05) is 32.9 Å². The average molecular weight is 319 g/mol. The standard InChI is InChI=1S/C19H29NO3/c1-15-5-2-3-6-18(15)19-7-4-10-20(19)13-16(21)14-23-17-8-11-22-12-9-17/h2-3,5-6,16-17,19,21H,4,7-14H2,1H3. The number of aliphatic hydroxyl groups excluding tert-OH is 1. The SMILES string of the molecule is Cc1ccccc1C1CCCN1CC(O)COC1CCOCC1. The van der Waals surface area contributed by atoms with Gasteiger partial charge in [0.15, 0.2) is 0 Å². The summed E-state index contributed by atoms with van der Waals surface area (Å²) in [5, 5.41) is 10.4. The molecule has 3 rings (SSSR count). The van der Waals surface area contributed by atoms with Gasteiger partial charge in [-0.15, -0.1) is 0 Å². The van der Waals surface area contributed by atoms with Crippen molar-refractivity contribution in [1.82, 2.24) is 4.90 Å². The quantitative estimate of drug-likeness (QED) is 0.875. The van der Waals surface area contributed by atoms with Crippen molar-refractivity contribution in [2.45, 2.75) is 50.9 Å². The van der Waals surface area contributed by atoms with E-state index >= 15 is 0 Å². The fourth-order valence-corrected chi connectivity index (χ4v) is 3.77. The van der Waals surface area contributed by atoms with Crippen LogP contribution in [0.1, 0.15) is 42.9 Å². The predicted octanol–water partition coefficient (Wildman–Crippen LogP) is 2.69. The van der Waals surface area contributed by atoms with Gasteiger partial charge >= 0.3 is 0 Å². The fourth-order valence-electron chi connectivity index (χ4n) is 3.77. The molecule has 0 spiro atoms. The lowest BCUT2D eigenvalue weighted by Gasteiger charge is -2.29. The molecule has 4 heteroatoms. The molecule has 0 aliphatic carbocycles. The van der Waals surface area contributed by atoms with E-state index in [4.69, 9.17) is 9.47 Å². The van der Waals surface area contributed by atoms with Crippen LogP contribution in [0.3, 0.4) is 0 Å². The number of benzene rings is 1. The fraction of sp³-hybridized carbons (Fsp3) is 0.684. The summed E-state index contributed by atoms with van der Waals surface area (Å²) in [5.41, 5.74) is 2.75. The summed E-state index contributed by atoms with van der Waals surface area (Å²) in [6, 6.07) is 9.05. The Balaban J connectivity index is 1.51. The summed E-state index contributed by atoms with van der Waals surface area (Å²) in [6.07, 6.45) is 4.11. The maximum atomic E-state index is 10.4. The molecule has 2 atom stereocenters. The number of nitrogens with zero attached hydrogens (tertiary/aromatic N) is 1. The van der Waals surface area contributed by atoms with Crippen molar-refractivity contribution in [3.63, 3.8) is 0 Å². The normalized spacial score (nSPS) is 24.9. The van der Waals surface area contributed by atoms with Crippen LogP contribution >= 0.6 is 0 Å². The van der Waals surface area contributed by atoms with Crippen LogP contribution in [0, 0.1) is 6.92 Å². The summed E-state index contributed by atoms with van der Waals surface area (Å²) in [7, 11) is 0. The van der Waals surface area contributed by atoms with Crippen molar-refractivity contribution in [3.8, 4) is 0 Å². The molecule has 0 aromatic heterocycles. The van der Waals surface area contributed by atoms with E-state index in [1.165, 1.54) is 24.0 Å². The van der Waals surface area contributed by atoms with Crippen molar-refractivity contribution < 1.29 is 14.6 Å². The first-order valence-corrected chi connectivity index (χ1v) is 8.91. The van der Waals surface area contributed by atoms with Gasteiger partial charge in [-0.25, -0.2) is 0 Å². The van der Waals surface area contributed by atoms with Crippen LogP contribution in [0.5, 0.6) is 0 Å². The highest BCUT2D eigenvalue weighted by molar-refractivity contribution is 5.29. The van der Waals surface area contributed by atoms with Crippen molar-refractivity contribution in [3.05, 3.63) is 35.4 Å². The smallest absolute Gasteiger partial charge is 0.0900 e. The second-order valence-electron chi connectivity index (χ2n) is 6.81. The lowest BCUT2D eigenvalue weighted by Crippen LogP contribution is -2.36. The van der Waals surface area contributed by atoms with E-state index in [0.717, 1.165) is 32.6 Å². The Kier molecular flexibility index (Phi) is 6.06. The van der Waals surface area contributed by atoms with E-state index in [9.17, 15) is 5.11 Å². The highest BCUT2D eigenvalue weighted by Crippen LogP contribution is 2.33. The van der Waals surface area contributed by atoms with Crippen LogP contribution in [-0.2, 0) is 9.47 Å². The summed E-state index contributed by atoms with van der Waals surface area (Å²) in [4.78, 5) is 2.42. The number of hydrogen-bond acceptors (Lipinski definition) is 4. The highest BCUT2D eigenvalue weighted by atomic mass is 16.5. The monoisotopic (exact) mass is 319 g/mol. The van der Waals surface area contributed by atoms with E-state index in [2.05, 4.69) is 36.1 Å². The molecule has 0 amide bonds. The van der Waals surface area contributed by atoms with Gasteiger partial charge in [0, 0.05) is 25.8 Å². The molecule has 1 aromatic rings. The van der Waals surface area contributed by atoms with Crippen LogP contribution in [0.15, 0.2) is 24.3 Å². The number of ether oxygens (including phenoxy) is 2. The molecule has 2 unspecified atom stereocenters. The minimum Gasteiger partial charge on any atom is -0.389 e. The molecule has 1 aromatic carbocycles. The molecule has 23 heavy (non-hydrogen) atoms. The Morgan fingerprint density at radius 1 is 1.26 bits per heavy atom. The van der Waals surface area contributed by atoms with Crippen LogP contribution < -0.4 is 0 Å². The number of likely N-dealkylation sites (tertiary alicyclic amines) is 1. The molecule has 0 saturated carbocycles. The largest absolute Gasteiger partial charge is 0.389 e. The number of rotatable bonds is 6. The minimum atomic E-state index is -0.414. The molecular weight excluding hydrogens is 290 g/mol. The zero-order valence-corrected chi connectivity index (χ0v) is 14.1. The lowest BCUT2D eigenvalue weighted by molar-refractivity contribution is -0.0647. The van der Waals surface area contributed by atoms with E-state index in [1.54, 1.807) is 0 Å². The molecule has 128 valence electrons. The molecular formula is C19H29NO3. The number of aliphatic hydroxyl groups is 1. The van der Waals surface area contributed by atoms with Crippen LogP contribution in [-0.4, -0.2) is 55.1 Å². The van der Waals surface area contributed by atoms with Crippen LogP contribution in [0.4, 0.5) is 0 Å². The second-order valence-corrected chi connectivity index (χ2v) is 6.81. The lowest BCUT2D eigenvalue weighted by atomic mass is 9.99. The Hall–Kier alpha value is -0.940. The second kappa shape index (κ2) is 8.25. The minimum absolute atomic E-state index is 0.254. The number of β-amino-alcohol motifs (C(OH)–C–C–N with tert-alkyl or cyclic N) is 1. The van der Waals surface area contributed by atoms with E-state index in [-0.39, 0.29) is 6.10 Å². The first-order chi connectivity index (χ1) is 11.2. The highest BCUT2D eigenvalue weighted by Gasteiger charge is 2.28. The Morgan fingerprint density at radius 3 is 2.83 bits per heavy atom. The Bertz CT molecular complexity index is 487. The third kappa shape index (κ3) is 4.54. The first-order valence-electron chi connectivity index (χ1n) is 8.91. The maximum absolute atomic E-state index is 10.4. The molecule has 4 nitrogen and oxygen atoms in total. The van der Waals surface area contributed by atoms with Gasteiger partial charge in [0.1, 0.15) is 0 Å². The van der Waals surface area contributed by atoms with Crippen LogP contribution in [0.25, 0.3) is 0 Å². The molecule has 2 aliphatic rings. The zero-order valence-electron chi connectivity index (χ0n) is 14.1. The van der Waals surface area contributed by atoms with E-state index in [1.807, 2.05) is 0 Å². The third-order valence-corrected chi connectivity index (χ3v) is 5.05. The topological polar surface area (TPSA) is 41.9 Å². The summed E-state index contributed by atoms with van der Waals surface area (Å²) >= 11 is 0. The van der Waals surface area contributed by atoms with Gasteiger partial charge in [0.05, 0.1) is 18.8 Å². The van der Waals surface area contributed by atoms with Gasteiger partial charge < -0.3 is 14.6 Å². The Labute approximate surface area is 139 Å². The Morgan fingerprint density at radius 2 is 2.04 bits per heavy atom. The summed E-state index contributed by atoms with van der Waals surface area (Å²) in [6.45, 7) is 5.93. The molecule has 0 bridgehead atoms.